The van der Waals surface area contributed by atoms with Crippen LogP contribution in [0.1, 0.15) is 0 Å². The van der Waals surface area contributed by atoms with Gasteiger partial charge in [-0.25, -0.2) is 8.42 Å². The Morgan fingerprint density at radius 1 is 1.13 bits per heavy atom. The van der Waals surface area contributed by atoms with Gasteiger partial charge in [0, 0.05) is 9.50 Å². The van der Waals surface area contributed by atoms with Crippen LogP contribution in [0, 0.1) is 0 Å². The number of primary amides is 1. The highest BCUT2D eigenvalue weighted by Gasteiger charge is 2.28. The van der Waals surface area contributed by atoms with Crippen molar-refractivity contribution in [3.8, 4) is 0 Å². The Balaban J connectivity index is 2.57. The van der Waals surface area contributed by atoms with Crippen LogP contribution in [-0.4, -0.2) is 20.9 Å². The maximum Gasteiger partial charge on any atom is 0.264 e. The van der Waals surface area contributed by atoms with Crippen molar-refractivity contribution in [3.63, 3.8) is 0 Å². The van der Waals surface area contributed by atoms with E-state index in [2.05, 4.69) is 15.9 Å². The molecule has 0 aliphatic rings. The van der Waals surface area contributed by atoms with Crippen molar-refractivity contribution in [1.29, 1.82) is 0 Å². The molecule has 2 aromatic carbocycles. The predicted octanol–water partition coefficient (Wildman–Crippen LogP) is 3.44. The summed E-state index contributed by atoms with van der Waals surface area (Å²) < 4.78 is 27.2. The van der Waals surface area contributed by atoms with Gasteiger partial charge in [0.05, 0.1) is 15.6 Å². The zero-order valence-corrected chi connectivity index (χ0v) is 15.5. The molecule has 0 aliphatic heterocycles. The summed E-state index contributed by atoms with van der Waals surface area (Å²) in [7, 11) is -4.03. The minimum absolute atomic E-state index is 0.0258. The van der Waals surface area contributed by atoms with Crippen LogP contribution in [0.3, 0.4) is 0 Å². The van der Waals surface area contributed by atoms with Gasteiger partial charge in [0.1, 0.15) is 6.54 Å². The van der Waals surface area contributed by atoms with Crippen molar-refractivity contribution in [1.82, 2.24) is 0 Å². The highest BCUT2D eigenvalue weighted by Crippen LogP contribution is 2.32. The molecule has 9 heteroatoms. The van der Waals surface area contributed by atoms with Crippen LogP contribution in [0.15, 0.2) is 51.8 Å². The lowest BCUT2D eigenvalue weighted by Crippen LogP contribution is -2.38. The summed E-state index contributed by atoms with van der Waals surface area (Å²) in [6.45, 7) is -0.535. The first-order valence-corrected chi connectivity index (χ1v) is 9.22. The van der Waals surface area contributed by atoms with Gasteiger partial charge in [0.25, 0.3) is 10.0 Å². The lowest BCUT2D eigenvalue weighted by atomic mass is 10.3. The molecule has 2 aromatic rings. The molecule has 1 amide bonds. The van der Waals surface area contributed by atoms with Crippen molar-refractivity contribution in [2.75, 3.05) is 10.8 Å². The molecule has 0 saturated heterocycles. The van der Waals surface area contributed by atoms with Crippen LogP contribution >= 0.6 is 39.1 Å². The highest BCUT2D eigenvalue weighted by atomic mass is 79.9. The van der Waals surface area contributed by atoms with Crippen molar-refractivity contribution in [2.45, 2.75) is 4.90 Å². The normalized spacial score (nSPS) is 11.3. The number of anilines is 1. The van der Waals surface area contributed by atoms with Gasteiger partial charge in [0.15, 0.2) is 0 Å². The molecular weight excluding hydrogens is 427 g/mol. The maximum absolute atomic E-state index is 12.8. The second-order valence-electron chi connectivity index (χ2n) is 4.53. The van der Waals surface area contributed by atoms with Crippen molar-refractivity contribution in [2.24, 2.45) is 5.73 Å². The largest absolute Gasteiger partial charge is 0.368 e. The fourth-order valence-electron chi connectivity index (χ4n) is 1.86. The smallest absolute Gasteiger partial charge is 0.264 e. The van der Waals surface area contributed by atoms with Gasteiger partial charge in [-0.3, -0.25) is 9.10 Å². The van der Waals surface area contributed by atoms with Gasteiger partial charge in [-0.15, -0.1) is 0 Å². The highest BCUT2D eigenvalue weighted by molar-refractivity contribution is 9.10. The van der Waals surface area contributed by atoms with E-state index in [4.69, 9.17) is 28.9 Å². The van der Waals surface area contributed by atoms with E-state index in [1.807, 2.05) is 0 Å². The van der Waals surface area contributed by atoms with Crippen LogP contribution in [-0.2, 0) is 14.8 Å². The maximum atomic E-state index is 12.8. The van der Waals surface area contributed by atoms with E-state index in [1.54, 1.807) is 6.07 Å². The molecule has 23 heavy (non-hydrogen) atoms. The summed E-state index contributed by atoms with van der Waals surface area (Å²) in [5.74, 6) is -0.804. The van der Waals surface area contributed by atoms with Gasteiger partial charge >= 0.3 is 0 Å². The number of rotatable bonds is 5. The van der Waals surface area contributed by atoms with Crippen molar-refractivity contribution >= 4 is 60.7 Å². The van der Waals surface area contributed by atoms with Gasteiger partial charge in [-0.1, -0.05) is 39.1 Å². The number of hydrogen-bond acceptors (Lipinski definition) is 3. The number of benzene rings is 2. The molecule has 0 aromatic heterocycles. The SMILES string of the molecule is NC(=O)CN(c1ccc(Br)cc1Cl)S(=O)(=O)c1ccc(Cl)cc1. The first-order chi connectivity index (χ1) is 10.7. The summed E-state index contributed by atoms with van der Waals surface area (Å²) >= 11 is 15.1. The molecule has 5 nitrogen and oxygen atoms in total. The molecule has 0 saturated carbocycles. The van der Waals surface area contributed by atoms with Gasteiger partial charge in [0.2, 0.25) is 5.91 Å². The third kappa shape index (κ3) is 4.17. The molecule has 0 bridgehead atoms. The monoisotopic (exact) mass is 436 g/mol. The van der Waals surface area contributed by atoms with Gasteiger partial charge in [-0.05, 0) is 42.5 Å². The molecule has 2 rings (SSSR count). The van der Waals surface area contributed by atoms with E-state index in [1.165, 1.54) is 36.4 Å². The Kier molecular flexibility index (Phi) is 5.57. The van der Waals surface area contributed by atoms with Gasteiger partial charge < -0.3 is 5.73 Å². The van der Waals surface area contributed by atoms with Crippen LogP contribution < -0.4 is 10.0 Å². The number of amides is 1. The molecule has 0 radical (unpaired) electrons. The first kappa shape index (κ1) is 18.1. The fraction of sp³-hybridized carbons (Fsp3) is 0.0714. The van der Waals surface area contributed by atoms with Crippen LogP contribution in [0.2, 0.25) is 10.0 Å². The first-order valence-electron chi connectivity index (χ1n) is 6.23. The number of halogens is 3. The van der Waals surface area contributed by atoms with E-state index in [0.29, 0.717) is 9.50 Å². The molecule has 122 valence electrons. The quantitative estimate of drug-likeness (QED) is 0.777. The van der Waals surface area contributed by atoms with Crippen LogP contribution in [0.25, 0.3) is 0 Å². The summed E-state index contributed by atoms with van der Waals surface area (Å²) in [6.07, 6.45) is 0. The van der Waals surface area contributed by atoms with E-state index >= 15 is 0 Å². The van der Waals surface area contributed by atoms with Crippen molar-refractivity contribution < 1.29 is 13.2 Å². The third-order valence-electron chi connectivity index (χ3n) is 2.88. The fourth-order valence-corrected chi connectivity index (χ4v) is 4.26. The third-order valence-corrected chi connectivity index (χ3v) is 5.70. The Morgan fingerprint density at radius 2 is 1.74 bits per heavy atom. The molecular formula is C14H11BrCl2N2O3S. The predicted molar refractivity (Wildman–Crippen MR) is 94.3 cm³/mol. The Morgan fingerprint density at radius 3 is 2.26 bits per heavy atom. The second kappa shape index (κ2) is 7.09. The number of nitrogens with two attached hydrogens (primary N) is 1. The van der Waals surface area contributed by atoms with E-state index < -0.39 is 22.5 Å². The molecule has 0 fully saturated rings. The summed E-state index contributed by atoms with van der Waals surface area (Å²) in [5, 5.41) is 0.560. The standard InChI is InChI=1S/C14H11BrCl2N2O3S/c15-9-1-6-13(12(17)7-9)19(8-14(18)20)23(21,22)11-4-2-10(16)3-5-11/h1-7H,8H2,(H2,18,20). The summed E-state index contributed by atoms with van der Waals surface area (Å²) in [6, 6.07) is 10.2. The average Bonchev–Trinajstić information content (AvgIpc) is 2.45. The lowest BCUT2D eigenvalue weighted by molar-refractivity contribution is -0.116. The molecule has 0 unspecified atom stereocenters. The van der Waals surface area contributed by atoms with E-state index in [9.17, 15) is 13.2 Å². The molecule has 0 atom stereocenters. The Bertz CT molecular complexity index is 842. The van der Waals surface area contributed by atoms with Crippen molar-refractivity contribution in [3.05, 3.63) is 57.0 Å². The number of nitrogens with zero attached hydrogens (tertiary/aromatic N) is 1. The minimum Gasteiger partial charge on any atom is -0.368 e. The minimum atomic E-state index is -4.03. The van der Waals surface area contributed by atoms with E-state index in [0.717, 1.165) is 4.31 Å². The van der Waals surface area contributed by atoms with Crippen LogP contribution in [0.5, 0.6) is 0 Å². The number of carbonyl (C=O) groups excluding carboxylic acids is 1. The molecule has 0 spiro atoms. The zero-order chi connectivity index (χ0) is 17.2. The summed E-state index contributed by atoms with van der Waals surface area (Å²) in [5.41, 5.74) is 5.35. The van der Waals surface area contributed by atoms with Crippen LogP contribution in [0.4, 0.5) is 5.69 Å². The van der Waals surface area contributed by atoms with E-state index in [-0.39, 0.29) is 15.6 Å². The second-order valence-corrected chi connectivity index (χ2v) is 8.15. The number of hydrogen-bond donors (Lipinski definition) is 1. The number of sulfonamides is 1. The zero-order valence-electron chi connectivity index (χ0n) is 11.5. The molecule has 0 heterocycles. The Hall–Kier alpha value is -1.28. The summed E-state index contributed by atoms with van der Waals surface area (Å²) in [4.78, 5) is 11.3. The Labute approximate surface area is 152 Å². The molecule has 2 N–H and O–H groups in total. The molecule has 0 aliphatic carbocycles. The lowest BCUT2D eigenvalue weighted by Gasteiger charge is -2.24. The average molecular weight is 438 g/mol. The topological polar surface area (TPSA) is 80.5 Å². The number of carbonyl (C=O) groups is 1. The van der Waals surface area contributed by atoms with Gasteiger partial charge in [-0.2, -0.15) is 0 Å².